The SMILES string of the molecule is C[Si]OC(O[Si]C)C(C)(C)c1cc(-n2nc(C(C)(C)C)cc2NC(=O)NCc2ccccc2COc2cc(C)n(Cc3ccccc3SC)c(=O)c2Cl)ccc1Cl. The molecule has 3 aromatic carbocycles. The number of aryl methyl sites for hydroxylation is 1. The van der Waals surface area contributed by atoms with Crippen molar-refractivity contribution in [2.75, 3.05) is 11.6 Å². The maximum absolute atomic E-state index is 13.6. The van der Waals surface area contributed by atoms with Crippen molar-refractivity contribution >= 4 is 66.3 Å². The minimum absolute atomic E-state index is 0.0175. The fourth-order valence-electron chi connectivity index (χ4n) is 6.21. The molecule has 2 heterocycles. The van der Waals surface area contributed by atoms with E-state index in [1.54, 1.807) is 27.1 Å². The van der Waals surface area contributed by atoms with Crippen molar-refractivity contribution in [1.29, 1.82) is 0 Å². The molecular formula is C42H49Cl2N5O5SSi2. The zero-order valence-corrected chi connectivity index (χ0v) is 38.1. The monoisotopic (exact) mass is 861 g/mol. The first-order valence-electron chi connectivity index (χ1n) is 18.4. The number of ether oxygens (including phenoxy) is 1. The van der Waals surface area contributed by atoms with E-state index in [1.165, 1.54) is 0 Å². The van der Waals surface area contributed by atoms with Gasteiger partial charge in [-0.2, -0.15) is 5.10 Å². The van der Waals surface area contributed by atoms with E-state index in [9.17, 15) is 9.59 Å². The molecule has 300 valence electrons. The van der Waals surface area contributed by atoms with E-state index in [0.717, 1.165) is 44.2 Å². The number of carbonyl (C=O) groups excluding carboxylic acids is 1. The van der Waals surface area contributed by atoms with Gasteiger partial charge in [-0.3, -0.25) is 10.1 Å². The zero-order chi connectivity index (χ0) is 41.5. The number of aromatic nitrogens is 3. The minimum atomic E-state index is -0.592. The molecule has 0 unspecified atom stereocenters. The Morgan fingerprint density at radius 1 is 0.912 bits per heavy atom. The number of benzene rings is 3. The third-order valence-corrected chi connectivity index (χ3v) is 11.9. The summed E-state index contributed by atoms with van der Waals surface area (Å²) in [5.41, 5.74) is 4.59. The number of carbonyl (C=O) groups is 1. The van der Waals surface area contributed by atoms with Gasteiger partial charge in [0.1, 0.15) is 29.5 Å². The number of rotatable bonds is 16. The summed E-state index contributed by atoms with van der Waals surface area (Å²) in [6, 6.07) is 24.6. The van der Waals surface area contributed by atoms with Crippen molar-refractivity contribution < 1.29 is 18.4 Å². The lowest BCUT2D eigenvalue weighted by Gasteiger charge is -2.35. The molecule has 57 heavy (non-hydrogen) atoms. The second kappa shape index (κ2) is 19.3. The van der Waals surface area contributed by atoms with Gasteiger partial charge in [0.05, 0.1) is 17.9 Å². The highest BCUT2D eigenvalue weighted by atomic mass is 35.5. The number of hydrogen-bond acceptors (Lipinski definition) is 7. The molecule has 0 saturated heterocycles. The van der Waals surface area contributed by atoms with Crippen LogP contribution in [-0.2, 0) is 39.4 Å². The summed E-state index contributed by atoms with van der Waals surface area (Å²) in [5, 5.41) is 11.5. The number of nitrogens with zero attached hydrogens (tertiary/aromatic N) is 3. The largest absolute Gasteiger partial charge is 0.487 e. The maximum Gasteiger partial charge on any atom is 0.320 e. The lowest BCUT2D eigenvalue weighted by molar-refractivity contribution is -0.0432. The van der Waals surface area contributed by atoms with Crippen LogP contribution in [0, 0.1) is 6.92 Å². The summed E-state index contributed by atoms with van der Waals surface area (Å²) in [7, 11) is 0.477. The fourth-order valence-corrected chi connectivity index (χ4v) is 8.61. The molecule has 0 bridgehead atoms. The molecule has 0 fully saturated rings. The Morgan fingerprint density at radius 3 is 2.21 bits per heavy atom. The molecule has 15 heteroatoms. The number of pyridine rings is 1. The smallest absolute Gasteiger partial charge is 0.320 e. The molecule has 0 spiro atoms. The number of hydrogen-bond donors (Lipinski definition) is 2. The summed E-state index contributed by atoms with van der Waals surface area (Å²) in [6.45, 7) is 16.8. The molecule has 0 atom stereocenters. The van der Waals surface area contributed by atoms with Gasteiger partial charge in [0.2, 0.25) is 19.5 Å². The number of halogens is 2. The van der Waals surface area contributed by atoms with Gasteiger partial charge in [0, 0.05) is 45.1 Å². The number of urea groups is 1. The van der Waals surface area contributed by atoms with Crippen molar-refractivity contribution in [3.05, 3.63) is 133 Å². The Balaban J connectivity index is 1.33. The summed E-state index contributed by atoms with van der Waals surface area (Å²) < 4.78 is 21.6. The van der Waals surface area contributed by atoms with Crippen LogP contribution in [0.5, 0.6) is 5.75 Å². The highest BCUT2D eigenvalue weighted by Gasteiger charge is 2.35. The molecule has 0 aliphatic carbocycles. The van der Waals surface area contributed by atoms with Gasteiger partial charge >= 0.3 is 6.03 Å². The Hall–Kier alpha value is -3.83. The van der Waals surface area contributed by atoms with Crippen molar-refractivity contribution in [1.82, 2.24) is 19.7 Å². The van der Waals surface area contributed by atoms with E-state index < -0.39 is 17.7 Å². The Morgan fingerprint density at radius 2 is 1.56 bits per heavy atom. The first-order valence-corrected chi connectivity index (χ1v) is 23.2. The van der Waals surface area contributed by atoms with Gasteiger partial charge in [-0.05, 0) is 72.8 Å². The summed E-state index contributed by atoms with van der Waals surface area (Å²) in [4.78, 5) is 28.1. The van der Waals surface area contributed by atoms with Gasteiger partial charge in [-0.15, -0.1) is 11.8 Å². The number of amides is 2. The van der Waals surface area contributed by atoms with Gasteiger partial charge in [-0.25, -0.2) is 9.48 Å². The predicted molar refractivity (Wildman–Crippen MR) is 234 cm³/mol. The topological polar surface area (TPSA) is 109 Å². The van der Waals surface area contributed by atoms with Crippen molar-refractivity contribution in [2.45, 2.75) is 96.3 Å². The average Bonchev–Trinajstić information content (AvgIpc) is 3.61. The van der Waals surface area contributed by atoms with E-state index >= 15 is 0 Å². The highest BCUT2D eigenvalue weighted by Crippen LogP contribution is 2.37. The standard InChI is InChI=1S/C42H49Cl2N5O5SSi2/c1-26-20-33(37(44)38(50)48(26)24-28-15-12-13-17-34(28)55-7)52-25-29-16-11-10-14-27(29)23-45-40(51)46-36-22-35(41(2,3)4)47-49(36)30-18-19-32(43)31(21-30)42(5,6)39(53-56-8)54-57-9/h10-22,39H,23-25H2,1-9H3,(H2,45,46,51). The molecular weight excluding hydrogens is 814 g/mol. The zero-order valence-electron chi connectivity index (χ0n) is 33.8. The summed E-state index contributed by atoms with van der Waals surface area (Å²) in [6.07, 6.45) is 1.51. The van der Waals surface area contributed by atoms with Gasteiger partial charge in [0.25, 0.3) is 5.56 Å². The summed E-state index contributed by atoms with van der Waals surface area (Å²) in [5.74, 6) is 0.795. The molecule has 10 nitrogen and oxygen atoms in total. The van der Waals surface area contributed by atoms with Crippen LogP contribution in [0.2, 0.25) is 23.1 Å². The van der Waals surface area contributed by atoms with Gasteiger partial charge in [0.15, 0.2) is 0 Å². The van der Waals surface area contributed by atoms with Crippen LogP contribution in [0.4, 0.5) is 10.6 Å². The van der Waals surface area contributed by atoms with Crippen LogP contribution in [0.1, 0.15) is 68.3 Å². The molecule has 0 aliphatic heterocycles. The van der Waals surface area contributed by atoms with E-state index in [1.807, 2.05) is 113 Å². The van der Waals surface area contributed by atoms with Crippen LogP contribution in [0.25, 0.3) is 5.69 Å². The quantitative estimate of drug-likeness (QED) is 0.0578. The van der Waals surface area contributed by atoms with Crippen LogP contribution < -0.4 is 20.9 Å². The number of thioether (sulfide) groups is 1. The third-order valence-electron chi connectivity index (χ3n) is 9.52. The molecule has 5 rings (SSSR count). The molecule has 5 aromatic rings. The third kappa shape index (κ3) is 10.6. The summed E-state index contributed by atoms with van der Waals surface area (Å²) >= 11 is 15.0. The Labute approximate surface area is 354 Å². The molecule has 4 radical (unpaired) electrons. The molecule has 2 amide bonds. The van der Waals surface area contributed by atoms with E-state index in [4.69, 9.17) is 41.9 Å². The average molecular weight is 863 g/mol. The van der Waals surface area contributed by atoms with E-state index in [2.05, 4.69) is 31.4 Å². The lowest BCUT2D eigenvalue weighted by Crippen LogP contribution is -2.39. The molecule has 2 N–H and O–H groups in total. The molecule has 0 aliphatic rings. The van der Waals surface area contributed by atoms with Crippen LogP contribution >= 0.6 is 35.0 Å². The van der Waals surface area contributed by atoms with E-state index in [0.29, 0.717) is 23.1 Å². The maximum atomic E-state index is 13.6. The highest BCUT2D eigenvalue weighted by molar-refractivity contribution is 7.98. The Kier molecular flexibility index (Phi) is 15.0. The van der Waals surface area contributed by atoms with Crippen molar-refractivity contribution in [3.8, 4) is 11.4 Å². The second-order valence-electron chi connectivity index (χ2n) is 15.0. The molecule has 0 saturated carbocycles. The minimum Gasteiger partial charge on any atom is -0.487 e. The van der Waals surface area contributed by atoms with Gasteiger partial charge < -0.3 is 23.5 Å². The first-order chi connectivity index (χ1) is 27.1. The number of nitrogens with one attached hydrogen (secondary N) is 2. The lowest BCUT2D eigenvalue weighted by atomic mass is 9.83. The number of anilines is 1. The first kappa shape index (κ1) is 44.3. The Bertz CT molecular complexity index is 2250. The van der Waals surface area contributed by atoms with E-state index in [-0.39, 0.29) is 48.7 Å². The van der Waals surface area contributed by atoms with Crippen molar-refractivity contribution in [2.24, 2.45) is 0 Å². The molecule has 2 aromatic heterocycles. The van der Waals surface area contributed by atoms with Crippen LogP contribution in [0.3, 0.4) is 0 Å². The fraction of sp³-hybridized carbons (Fsp3) is 0.357. The van der Waals surface area contributed by atoms with Crippen LogP contribution in [-0.4, -0.2) is 52.5 Å². The normalized spacial score (nSPS) is 11.9. The van der Waals surface area contributed by atoms with Crippen molar-refractivity contribution in [3.63, 3.8) is 0 Å². The predicted octanol–water partition coefficient (Wildman–Crippen LogP) is 9.59. The van der Waals surface area contributed by atoms with Gasteiger partial charge in [-0.1, -0.05) is 100 Å². The van der Waals surface area contributed by atoms with Crippen LogP contribution in [0.15, 0.2) is 88.6 Å². The second-order valence-corrected chi connectivity index (χ2v) is 17.9.